The molecule has 0 bridgehead atoms. The standard InChI is InChI=1S/C10H9F3O/c1-2-7-5-3-4-6-8(7)9(14)10(11,12)13/h3-6H,2H2,1H3. The fourth-order valence-electron chi connectivity index (χ4n) is 1.20. The molecule has 0 fully saturated rings. The molecule has 0 saturated carbocycles. The number of Topliss-reactive ketones (excluding diaryl/α,β-unsaturated/α-hetero) is 1. The van der Waals surface area contributed by atoms with E-state index in [1.165, 1.54) is 18.2 Å². The molecule has 76 valence electrons. The highest BCUT2D eigenvalue weighted by Gasteiger charge is 2.39. The van der Waals surface area contributed by atoms with Gasteiger partial charge in [-0.25, -0.2) is 0 Å². The Kier molecular flexibility index (Phi) is 2.93. The normalized spacial score (nSPS) is 11.4. The van der Waals surface area contributed by atoms with Gasteiger partial charge in [0.2, 0.25) is 0 Å². The van der Waals surface area contributed by atoms with E-state index in [0.29, 0.717) is 12.0 Å². The number of hydrogen-bond acceptors (Lipinski definition) is 1. The van der Waals surface area contributed by atoms with Crippen LogP contribution in [-0.4, -0.2) is 12.0 Å². The zero-order valence-corrected chi connectivity index (χ0v) is 7.56. The SMILES string of the molecule is CCc1ccccc1C(=O)C(F)(F)F. The van der Waals surface area contributed by atoms with E-state index in [1.807, 2.05) is 0 Å². The first-order valence-electron chi connectivity index (χ1n) is 4.16. The molecular weight excluding hydrogens is 193 g/mol. The van der Waals surface area contributed by atoms with Crippen LogP contribution in [0.3, 0.4) is 0 Å². The number of ketones is 1. The predicted molar refractivity (Wildman–Crippen MR) is 46.2 cm³/mol. The lowest BCUT2D eigenvalue weighted by Gasteiger charge is -2.08. The zero-order chi connectivity index (χ0) is 10.8. The van der Waals surface area contributed by atoms with Gasteiger partial charge in [-0.3, -0.25) is 4.79 Å². The van der Waals surface area contributed by atoms with Crippen molar-refractivity contribution in [1.82, 2.24) is 0 Å². The van der Waals surface area contributed by atoms with Gasteiger partial charge in [-0.15, -0.1) is 0 Å². The molecule has 0 unspecified atom stereocenters. The van der Waals surface area contributed by atoms with Crippen LogP contribution in [0, 0.1) is 0 Å². The lowest BCUT2D eigenvalue weighted by atomic mass is 10.0. The molecule has 0 heterocycles. The van der Waals surface area contributed by atoms with Gasteiger partial charge in [0.25, 0.3) is 5.78 Å². The molecule has 0 radical (unpaired) electrons. The number of rotatable bonds is 2. The number of benzene rings is 1. The summed E-state index contributed by atoms with van der Waals surface area (Å²) >= 11 is 0. The van der Waals surface area contributed by atoms with E-state index in [4.69, 9.17) is 0 Å². The average Bonchev–Trinajstić information content (AvgIpc) is 2.15. The first-order chi connectivity index (χ1) is 6.46. The van der Waals surface area contributed by atoms with Gasteiger partial charge >= 0.3 is 6.18 Å². The van der Waals surface area contributed by atoms with Crippen LogP contribution >= 0.6 is 0 Å². The highest BCUT2D eigenvalue weighted by Crippen LogP contribution is 2.23. The number of carbonyl (C=O) groups is 1. The minimum absolute atomic E-state index is 0.248. The molecule has 0 aliphatic heterocycles. The van der Waals surface area contributed by atoms with E-state index >= 15 is 0 Å². The van der Waals surface area contributed by atoms with Crippen LogP contribution in [0.15, 0.2) is 24.3 Å². The Balaban J connectivity index is 3.13. The maximum absolute atomic E-state index is 12.1. The third-order valence-corrected chi connectivity index (χ3v) is 1.90. The second-order valence-electron chi connectivity index (χ2n) is 2.84. The minimum atomic E-state index is -4.79. The number of alkyl halides is 3. The Labute approximate surface area is 79.5 Å². The number of hydrogen-bond donors (Lipinski definition) is 0. The van der Waals surface area contributed by atoms with Crippen LogP contribution in [0.2, 0.25) is 0 Å². The maximum Gasteiger partial charge on any atom is 0.454 e. The predicted octanol–water partition coefficient (Wildman–Crippen LogP) is 2.99. The quantitative estimate of drug-likeness (QED) is 0.674. The molecule has 0 atom stereocenters. The summed E-state index contributed by atoms with van der Waals surface area (Å²) in [6.07, 6.45) is -4.37. The third kappa shape index (κ3) is 2.13. The summed E-state index contributed by atoms with van der Waals surface area (Å²) in [6.45, 7) is 1.71. The summed E-state index contributed by atoms with van der Waals surface area (Å²) in [4.78, 5) is 10.9. The molecule has 0 aliphatic rings. The van der Waals surface area contributed by atoms with Crippen LogP contribution in [-0.2, 0) is 6.42 Å². The Morgan fingerprint density at radius 2 is 1.86 bits per heavy atom. The summed E-state index contributed by atoms with van der Waals surface area (Å²) in [7, 11) is 0. The van der Waals surface area contributed by atoms with Crippen molar-refractivity contribution in [3.8, 4) is 0 Å². The van der Waals surface area contributed by atoms with E-state index in [2.05, 4.69) is 0 Å². The van der Waals surface area contributed by atoms with Crippen LogP contribution in [0.4, 0.5) is 13.2 Å². The number of halogens is 3. The lowest BCUT2D eigenvalue weighted by molar-refractivity contribution is -0.0885. The van der Waals surface area contributed by atoms with E-state index in [0.717, 1.165) is 0 Å². The second-order valence-corrected chi connectivity index (χ2v) is 2.84. The third-order valence-electron chi connectivity index (χ3n) is 1.90. The number of aryl methyl sites for hydroxylation is 1. The molecular formula is C10H9F3O. The Morgan fingerprint density at radius 3 is 2.36 bits per heavy atom. The largest absolute Gasteiger partial charge is 0.454 e. The summed E-state index contributed by atoms with van der Waals surface area (Å²) in [5, 5.41) is 0. The monoisotopic (exact) mass is 202 g/mol. The van der Waals surface area contributed by atoms with Crippen LogP contribution in [0.25, 0.3) is 0 Å². The molecule has 0 N–H and O–H groups in total. The lowest BCUT2D eigenvalue weighted by Crippen LogP contribution is -2.23. The van der Waals surface area contributed by atoms with Gasteiger partial charge < -0.3 is 0 Å². The average molecular weight is 202 g/mol. The topological polar surface area (TPSA) is 17.1 Å². The molecule has 4 heteroatoms. The second kappa shape index (κ2) is 3.82. The Bertz CT molecular complexity index is 341. The first kappa shape index (κ1) is 10.8. The zero-order valence-electron chi connectivity index (χ0n) is 7.56. The van der Waals surface area contributed by atoms with Crippen molar-refractivity contribution in [2.75, 3.05) is 0 Å². The molecule has 0 saturated heterocycles. The van der Waals surface area contributed by atoms with Crippen molar-refractivity contribution in [2.24, 2.45) is 0 Å². The molecule has 14 heavy (non-hydrogen) atoms. The summed E-state index contributed by atoms with van der Waals surface area (Å²) in [6, 6.07) is 5.78. The molecule has 1 rings (SSSR count). The van der Waals surface area contributed by atoms with Crippen molar-refractivity contribution in [2.45, 2.75) is 19.5 Å². The van der Waals surface area contributed by atoms with Crippen LogP contribution in [0.5, 0.6) is 0 Å². The number of carbonyl (C=O) groups excluding carboxylic acids is 1. The van der Waals surface area contributed by atoms with Crippen molar-refractivity contribution in [3.05, 3.63) is 35.4 Å². The molecule has 0 spiro atoms. The van der Waals surface area contributed by atoms with E-state index in [-0.39, 0.29) is 5.56 Å². The van der Waals surface area contributed by atoms with Gasteiger partial charge in [0.05, 0.1) is 0 Å². The Morgan fingerprint density at radius 1 is 1.29 bits per heavy atom. The van der Waals surface area contributed by atoms with Crippen molar-refractivity contribution < 1.29 is 18.0 Å². The molecule has 0 aliphatic carbocycles. The highest BCUT2D eigenvalue weighted by atomic mass is 19.4. The van der Waals surface area contributed by atoms with Crippen molar-refractivity contribution in [3.63, 3.8) is 0 Å². The minimum Gasteiger partial charge on any atom is -0.284 e. The van der Waals surface area contributed by atoms with Crippen LogP contribution in [0.1, 0.15) is 22.8 Å². The van der Waals surface area contributed by atoms with E-state index in [9.17, 15) is 18.0 Å². The molecule has 1 nitrogen and oxygen atoms in total. The fraction of sp³-hybridized carbons (Fsp3) is 0.300. The molecule has 1 aromatic rings. The smallest absolute Gasteiger partial charge is 0.284 e. The highest BCUT2D eigenvalue weighted by molar-refractivity contribution is 6.01. The van der Waals surface area contributed by atoms with Gasteiger partial charge in [-0.1, -0.05) is 31.2 Å². The molecule has 0 aromatic heterocycles. The van der Waals surface area contributed by atoms with E-state index < -0.39 is 12.0 Å². The first-order valence-corrected chi connectivity index (χ1v) is 4.16. The summed E-state index contributed by atoms with van der Waals surface area (Å²) in [5.41, 5.74) is 0.178. The van der Waals surface area contributed by atoms with Gasteiger partial charge in [0.15, 0.2) is 0 Å². The molecule has 1 aromatic carbocycles. The van der Waals surface area contributed by atoms with Crippen molar-refractivity contribution in [1.29, 1.82) is 0 Å². The molecule has 0 amide bonds. The van der Waals surface area contributed by atoms with Gasteiger partial charge in [0, 0.05) is 5.56 Å². The fourth-order valence-corrected chi connectivity index (χ4v) is 1.20. The Hall–Kier alpha value is -1.32. The van der Waals surface area contributed by atoms with Crippen LogP contribution < -0.4 is 0 Å². The van der Waals surface area contributed by atoms with Gasteiger partial charge in [-0.2, -0.15) is 13.2 Å². The van der Waals surface area contributed by atoms with Gasteiger partial charge in [-0.05, 0) is 12.0 Å². The van der Waals surface area contributed by atoms with E-state index in [1.54, 1.807) is 13.0 Å². The summed E-state index contributed by atoms with van der Waals surface area (Å²) < 4.78 is 36.3. The van der Waals surface area contributed by atoms with Crippen molar-refractivity contribution >= 4 is 5.78 Å². The summed E-state index contributed by atoms with van der Waals surface area (Å²) in [5.74, 6) is -1.77. The maximum atomic E-state index is 12.1. The van der Waals surface area contributed by atoms with Gasteiger partial charge in [0.1, 0.15) is 0 Å².